The molecule has 1 N–H and O–H groups in total. The van der Waals surface area contributed by atoms with E-state index in [4.69, 9.17) is 0 Å². The molecular formula is C18H22N2O3. The van der Waals surface area contributed by atoms with Gasteiger partial charge in [0.25, 0.3) is 5.69 Å². The van der Waals surface area contributed by atoms with Gasteiger partial charge in [-0.2, -0.15) is 0 Å². The molecule has 5 heteroatoms. The second kappa shape index (κ2) is 8.25. The number of carbonyl (C=O) groups is 1. The Bertz CT molecular complexity index is 656. The van der Waals surface area contributed by atoms with Crippen LogP contribution in [0.3, 0.4) is 0 Å². The molecule has 0 aliphatic carbocycles. The first-order valence-electron chi connectivity index (χ1n) is 7.36. The standard InChI is InChI=1S/C18H22N2O3/c1-18(2,3)11-5-6-14(13-19-4)12-17(21)15-7-9-16(10-8-15)20(22)23/h6-10,19H,12-13H2,1-4H3/b14-6+. The maximum Gasteiger partial charge on any atom is 0.269 e. The second-order valence-corrected chi connectivity index (χ2v) is 6.26. The number of Topliss-reactive ketones (excluding diaryl/α,β-unsaturated/α-hetero) is 1. The topological polar surface area (TPSA) is 72.2 Å². The van der Waals surface area contributed by atoms with Crippen LogP contribution in [0.15, 0.2) is 35.9 Å². The number of benzene rings is 1. The van der Waals surface area contributed by atoms with Crippen molar-refractivity contribution in [2.24, 2.45) is 5.41 Å². The van der Waals surface area contributed by atoms with Crippen molar-refractivity contribution in [1.82, 2.24) is 5.32 Å². The predicted octanol–water partition coefficient (Wildman–Crippen LogP) is 3.36. The van der Waals surface area contributed by atoms with Crippen molar-refractivity contribution in [3.63, 3.8) is 0 Å². The van der Waals surface area contributed by atoms with Gasteiger partial charge in [0.15, 0.2) is 5.78 Å². The summed E-state index contributed by atoms with van der Waals surface area (Å²) in [6, 6.07) is 5.65. The van der Waals surface area contributed by atoms with E-state index < -0.39 is 4.92 Å². The van der Waals surface area contributed by atoms with Crippen LogP contribution >= 0.6 is 0 Å². The SMILES string of the molecule is CNC/C(=C/C#CC(C)(C)C)CC(=O)c1ccc([N+](=O)[O-])cc1. The van der Waals surface area contributed by atoms with Gasteiger partial charge in [0.05, 0.1) is 4.92 Å². The summed E-state index contributed by atoms with van der Waals surface area (Å²) in [5.74, 6) is 6.02. The fourth-order valence-electron chi connectivity index (χ4n) is 1.82. The van der Waals surface area contributed by atoms with Gasteiger partial charge in [0, 0.05) is 36.1 Å². The first kappa shape index (κ1) is 18.6. The first-order chi connectivity index (χ1) is 10.7. The maximum atomic E-state index is 12.3. The van der Waals surface area contributed by atoms with Crippen LogP contribution in [0, 0.1) is 27.4 Å². The van der Waals surface area contributed by atoms with Crippen molar-refractivity contribution in [3.8, 4) is 11.8 Å². The van der Waals surface area contributed by atoms with Gasteiger partial charge in [-0.15, -0.1) is 0 Å². The fraction of sp³-hybridized carbons (Fsp3) is 0.389. The average molecular weight is 314 g/mol. The van der Waals surface area contributed by atoms with Crippen molar-refractivity contribution in [2.45, 2.75) is 27.2 Å². The Balaban J connectivity index is 2.86. The number of nitrogens with zero attached hydrogens (tertiary/aromatic N) is 1. The number of nitrogens with one attached hydrogen (secondary N) is 1. The lowest BCUT2D eigenvalue weighted by atomic mass is 9.97. The summed E-state index contributed by atoms with van der Waals surface area (Å²) in [5, 5.41) is 13.7. The minimum Gasteiger partial charge on any atom is -0.316 e. The van der Waals surface area contributed by atoms with Crippen molar-refractivity contribution < 1.29 is 9.72 Å². The molecule has 0 aliphatic heterocycles. The van der Waals surface area contributed by atoms with Crippen LogP contribution in [0.5, 0.6) is 0 Å². The van der Waals surface area contributed by atoms with E-state index in [0.29, 0.717) is 12.1 Å². The molecule has 0 fully saturated rings. The molecule has 0 saturated heterocycles. The number of carbonyl (C=O) groups excluding carboxylic acids is 1. The summed E-state index contributed by atoms with van der Waals surface area (Å²) in [5.41, 5.74) is 1.22. The average Bonchev–Trinajstić information content (AvgIpc) is 2.46. The lowest BCUT2D eigenvalue weighted by Crippen LogP contribution is -2.13. The van der Waals surface area contributed by atoms with Gasteiger partial charge in [-0.05, 0) is 51.6 Å². The van der Waals surface area contributed by atoms with Crippen LogP contribution in [-0.2, 0) is 0 Å². The summed E-state index contributed by atoms with van der Waals surface area (Å²) >= 11 is 0. The zero-order valence-electron chi connectivity index (χ0n) is 14.0. The van der Waals surface area contributed by atoms with Crippen molar-refractivity contribution in [1.29, 1.82) is 0 Å². The van der Waals surface area contributed by atoms with Crippen LogP contribution in [0.2, 0.25) is 0 Å². The van der Waals surface area contributed by atoms with Crippen LogP contribution in [-0.4, -0.2) is 24.3 Å². The second-order valence-electron chi connectivity index (χ2n) is 6.26. The Labute approximate surface area is 136 Å². The first-order valence-corrected chi connectivity index (χ1v) is 7.36. The minimum atomic E-state index is -0.483. The van der Waals surface area contributed by atoms with E-state index in [-0.39, 0.29) is 23.3 Å². The predicted molar refractivity (Wildman–Crippen MR) is 91.3 cm³/mol. The summed E-state index contributed by atoms with van der Waals surface area (Å²) in [7, 11) is 1.81. The van der Waals surface area contributed by atoms with Crippen LogP contribution < -0.4 is 5.32 Å². The molecule has 0 saturated carbocycles. The maximum absolute atomic E-state index is 12.3. The van der Waals surface area contributed by atoms with E-state index in [1.165, 1.54) is 24.3 Å². The molecule has 1 aromatic rings. The van der Waals surface area contributed by atoms with E-state index >= 15 is 0 Å². The van der Waals surface area contributed by atoms with Gasteiger partial charge >= 0.3 is 0 Å². The number of ketones is 1. The monoisotopic (exact) mass is 314 g/mol. The number of rotatable bonds is 6. The zero-order valence-corrected chi connectivity index (χ0v) is 14.0. The molecule has 0 amide bonds. The third-order valence-corrected chi connectivity index (χ3v) is 2.92. The highest BCUT2D eigenvalue weighted by Gasteiger charge is 2.11. The Morgan fingerprint density at radius 3 is 2.39 bits per heavy atom. The number of nitro benzene ring substituents is 1. The van der Waals surface area contributed by atoms with E-state index in [1.54, 1.807) is 13.1 Å². The van der Waals surface area contributed by atoms with Gasteiger partial charge in [0.2, 0.25) is 0 Å². The number of non-ortho nitro benzene ring substituents is 1. The molecule has 0 radical (unpaired) electrons. The highest BCUT2D eigenvalue weighted by atomic mass is 16.6. The molecule has 1 aromatic carbocycles. The molecule has 0 spiro atoms. The van der Waals surface area contributed by atoms with Crippen molar-refractivity contribution >= 4 is 11.5 Å². The summed E-state index contributed by atoms with van der Waals surface area (Å²) < 4.78 is 0. The number of hydrogen-bond donors (Lipinski definition) is 1. The quantitative estimate of drug-likeness (QED) is 0.378. The molecule has 5 nitrogen and oxygen atoms in total. The van der Waals surface area contributed by atoms with E-state index in [1.807, 2.05) is 20.8 Å². The lowest BCUT2D eigenvalue weighted by Gasteiger charge is -2.07. The Kier molecular flexibility index (Phi) is 6.67. The van der Waals surface area contributed by atoms with Gasteiger partial charge in [-0.25, -0.2) is 0 Å². The van der Waals surface area contributed by atoms with E-state index in [9.17, 15) is 14.9 Å². The molecule has 0 heterocycles. The number of allylic oxidation sites excluding steroid dienone is 1. The largest absolute Gasteiger partial charge is 0.316 e. The molecule has 0 bridgehead atoms. The molecule has 23 heavy (non-hydrogen) atoms. The number of likely N-dealkylation sites (N-methyl/N-ethyl adjacent to an activating group) is 1. The van der Waals surface area contributed by atoms with Gasteiger partial charge in [-0.1, -0.05) is 11.8 Å². The molecule has 0 atom stereocenters. The van der Waals surface area contributed by atoms with E-state index in [2.05, 4.69) is 17.2 Å². The minimum absolute atomic E-state index is 0.0245. The van der Waals surface area contributed by atoms with Gasteiger partial charge in [-0.3, -0.25) is 14.9 Å². The summed E-state index contributed by atoms with van der Waals surface area (Å²) in [6.07, 6.45) is 2.00. The highest BCUT2D eigenvalue weighted by Crippen LogP contribution is 2.15. The normalized spacial score (nSPS) is 11.6. The molecule has 0 aromatic heterocycles. The molecule has 1 rings (SSSR count). The fourth-order valence-corrected chi connectivity index (χ4v) is 1.82. The van der Waals surface area contributed by atoms with Crippen molar-refractivity contribution in [3.05, 3.63) is 51.6 Å². The third kappa shape index (κ3) is 6.90. The smallest absolute Gasteiger partial charge is 0.269 e. The summed E-state index contributed by atoms with van der Waals surface area (Å²) in [4.78, 5) is 22.4. The van der Waals surface area contributed by atoms with E-state index in [0.717, 1.165) is 5.57 Å². The lowest BCUT2D eigenvalue weighted by molar-refractivity contribution is -0.384. The summed E-state index contributed by atoms with van der Waals surface area (Å²) in [6.45, 7) is 6.63. The van der Waals surface area contributed by atoms with Gasteiger partial charge in [0.1, 0.15) is 0 Å². The Morgan fingerprint density at radius 1 is 1.30 bits per heavy atom. The number of nitro groups is 1. The van der Waals surface area contributed by atoms with Crippen molar-refractivity contribution in [2.75, 3.05) is 13.6 Å². The van der Waals surface area contributed by atoms with Crippen LogP contribution in [0.4, 0.5) is 5.69 Å². The molecule has 122 valence electrons. The molecule has 0 unspecified atom stereocenters. The third-order valence-electron chi connectivity index (χ3n) is 2.92. The number of hydrogen-bond acceptors (Lipinski definition) is 4. The molecule has 0 aliphatic rings. The Morgan fingerprint density at radius 2 is 1.91 bits per heavy atom. The van der Waals surface area contributed by atoms with Crippen LogP contribution in [0.1, 0.15) is 37.6 Å². The Hall–Kier alpha value is -2.45. The highest BCUT2D eigenvalue weighted by molar-refractivity contribution is 5.97. The van der Waals surface area contributed by atoms with Gasteiger partial charge < -0.3 is 5.32 Å². The molecular weight excluding hydrogens is 292 g/mol. The zero-order chi connectivity index (χ0) is 17.5. The van der Waals surface area contributed by atoms with Crippen LogP contribution in [0.25, 0.3) is 0 Å².